The number of hydrogen-bond donors (Lipinski definition) is 2. The van der Waals surface area contributed by atoms with Gasteiger partial charge in [-0.2, -0.15) is 4.57 Å². The average Bonchev–Trinajstić information content (AvgIpc) is 2.51. The van der Waals surface area contributed by atoms with Crippen molar-refractivity contribution in [1.82, 2.24) is 0 Å². The van der Waals surface area contributed by atoms with Crippen molar-refractivity contribution >= 4 is 33.2 Å². The van der Waals surface area contributed by atoms with Gasteiger partial charge < -0.3 is 10.6 Å². The van der Waals surface area contributed by atoms with Crippen LogP contribution in [-0.2, 0) is 0 Å². The summed E-state index contributed by atoms with van der Waals surface area (Å²) in [6.45, 7) is 4.47. The van der Waals surface area contributed by atoms with E-state index < -0.39 is 0 Å². The van der Waals surface area contributed by atoms with Crippen LogP contribution in [0.4, 0.5) is 11.4 Å². The second-order valence-electron chi connectivity index (χ2n) is 5.66. The van der Waals surface area contributed by atoms with E-state index in [4.69, 9.17) is 0 Å². The number of hydrogen-bond acceptors (Lipinski definition) is 2. The Bertz CT molecular complexity index is 744. The van der Waals surface area contributed by atoms with Gasteiger partial charge in [0.05, 0.1) is 0 Å². The second kappa shape index (κ2) is 5.24. The lowest BCUT2D eigenvalue weighted by Gasteiger charge is -2.11. The molecule has 3 rings (SSSR count). The zero-order valence-corrected chi connectivity index (χ0v) is 13.1. The Hall–Kier alpha value is -2.29. The molecule has 0 aliphatic carbocycles. The van der Waals surface area contributed by atoms with Gasteiger partial charge in [-0.3, -0.25) is 0 Å². The van der Waals surface area contributed by atoms with Crippen molar-refractivity contribution in [1.29, 1.82) is 0 Å². The van der Waals surface area contributed by atoms with Crippen LogP contribution in [-0.4, -0.2) is 14.1 Å². The SMILES string of the molecule is CNc1ccc2cc3ccc(NC)cc3[n+](C(C)C)c2c1. The van der Waals surface area contributed by atoms with E-state index in [1.54, 1.807) is 0 Å². The summed E-state index contributed by atoms with van der Waals surface area (Å²) < 4.78 is 2.41. The van der Waals surface area contributed by atoms with Gasteiger partial charge in [-0.05, 0) is 44.2 Å². The van der Waals surface area contributed by atoms with E-state index in [0.717, 1.165) is 11.4 Å². The van der Waals surface area contributed by atoms with Gasteiger partial charge in [0.1, 0.15) is 0 Å². The highest BCUT2D eigenvalue weighted by Crippen LogP contribution is 2.24. The number of benzene rings is 2. The molecule has 2 N–H and O–H groups in total. The molecule has 1 aromatic heterocycles. The summed E-state index contributed by atoms with van der Waals surface area (Å²) in [5, 5.41) is 9.00. The highest BCUT2D eigenvalue weighted by molar-refractivity contribution is 5.91. The van der Waals surface area contributed by atoms with E-state index in [9.17, 15) is 0 Å². The Kier molecular flexibility index (Phi) is 3.42. The second-order valence-corrected chi connectivity index (χ2v) is 5.66. The highest BCUT2D eigenvalue weighted by Gasteiger charge is 2.19. The molecule has 21 heavy (non-hydrogen) atoms. The van der Waals surface area contributed by atoms with Crippen LogP contribution in [0.2, 0.25) is 0 Å². The molecule has 1 heterocycles. The first-order chi connectivity index (χ1) is 10.1. The Labute approximate surface area is 125 Å². The van der Waals surface area contributed by atoms with Gasteiger partial charge >= 0.3 is 0 Å². The summed E-state index contributed by atoms with van der Waals surface area (Å²) in [5.74, 6) is 0. The van der Waals surface area contributed by atoms with Crippen LogP contribution in [0, 0.1) is 0 Å². The summed E-state index contributed by atoms with van der Waals surface area (Å²) in [5.41, 5.74) is 4.80. The largest absolute Gasteiger partial charge is 0.388 e. The lowest BCUT2D eigenvalue weighted by molar-refractivity contribution is -0.666. The zero-order chi connectivity index (χ0) is 15.0. The maximum absolute atomic E-state index is 3.23. The van der Waals surface area contributed by atoms with Crippen molar-refractivity contribution in [2.45, 2.75) is 19.9 Å². The third kappa shape index (κ3) is 2.29. The Morgan fingerprint density at radius 3 is 1.62 bits per heavy atom. The molecule has 0 spiro atoms. The molecular weight excluding hydrogens is 258 g/mol. The maximum Gasteiger partial charge on any atom is 0.215 e. The van der Waals surface area contributed by atoms with Gasteiger partial charge in [0, 0.05) is 48.4 Å². The number of nitrogens with one attached hydrogen (secondary N) is 2. The van der Waals surface area contributed by atoms with Crippen LogP contribution >= 0.6 is 0 Å². The van der Waals surface area contributed by atoms with Crippen LogP contribution in [0.3, 0.4) is 0 Å². The molecule has 3 aromatic rings. The van der Waals surface area contributed by atoms with Gasteiger partial charge in [0.25, 0.3) is 0 Å². The van der Waals surface area contributed by atoms with E-state index in [2.05, 4.69) is 71.5 Å². The molecule has 0 aliphatic heterocycles. The molecule has 0 saturated heterocycles. The third-order valence-electron chi connectivity index (χ3n) is 3.98. The van der Waals surface area contributed by atoms with Crippen molar-refractivity contribution in [2.24, 2.45) is 0 Å². The molecule has 0 unspecified atom stereocenters. The maximum atomic E-state index is 3.23. The molecule has 108 valence electrons. The predicted octanol–water partition coefficient (Wildman–Crippen LogP) is 3.94. The summed E-state index contributed by atoms with van der Waals surface area (Å²) in [7, 11) is 3.92. The quantitative estimate of drug-likeness (QED) is 0.562. The van der Waals surface area contributed by atoms with Crippen LogP contribution < -0.4 is 15.2 Å². The van der Waals surface area contributed by atoms with Gasteiger partial charge in [-0.15, -0.1) is 0 Å². The van der Waals surface area contributed by atoms with Crippen molar-refractivity contribution in [3.05, 3.63) is 42.5 Å². The number of nitrogens with zero attached hydrogens (tertiary/aromatic N) is 1. The van der Waals surface area contributed by atoms with Crippen LogP contribution in [0.25, 0.3) is 21.8 Å². The molecule has 3 nitrogen and oxygen atoms in total. The molecule has 0 radical (unpaired) electrons. The predicted molar refractivity (Wildman–Crippen MR) is 91.1 cm³/mol. The van der Waals surface area contributed by atoms with Gasteiger partial charge in [-0.25, -0.2) is 0 Å². The summed E-state index contributed by atoms with van der Waals surface area (Å²) in [4.78, 5) is 0. The number of rotatable bonds is 3. The Morgan fingerprint density at radius 1 is 0.762 bits per heavy atom. The first-order valence-corrected chi connectivity index (χ1v) is 7.41. The van der Waals surface area contributed by atoms with Crippen molar-refractivity contribution in [3.63, 3.8) is 0 Å². The molecule has 2 aromatic carbocycles. The number of pyridine rings is 1. The minimum Gasteiger partial charge on any atom is -0.388 e. The normalized spacial score (nSPS) is 11.3. The fraction of sp³-hybridized carbons (Fsp3) is 0.278. The van der Waals surface area contributed by atoms with Crippen LogP contribution in [0.1, 0.15) is 19.9 Å². The number of anilines is 2. The van der Waals surface area contributed by atoms with Crippen molar-refractivity contribution in [2.75, 3.05) is 24.7 Å². The smallest absolute Gasteiger partial charge is 0.215 e. The summed E-state index contributed by atoms with van der Waals surface area (Å²) in [6.07, 6.45) is 0. The van der Waals surface area contributed by atoms with E-state index in [-0.39, 0.29) is 0 Å². The molecule has 0 amide bonds. The van der Waals surface area contributed by atoms with Gasteiger partial charge in [-0.1, -0.05) is 0 Å². The minimum atomic E-state index is 0.399. The molecule has 0 aliphatic rings. The molecule has 0 fully saturated rings. The van der Waals surface area contributed by atoms with Gasteiger partial charge in [0.2, 0.25) is 11.0 Å². The van der Waals surface area contributed by atoms with Crippen molar-refractivity contribution in [3.8, 4) is 0 Å². The first kappa shape index (κ1) is 13.7. The Balaban J connectivity index is 2.45. The minimum absolute atomic E-state index is 0.399. The standard InChI is InChI=1S/C18H21N3/c1-12(2)21-17-10-15(19-3)7-5-13(17)9-14-6-8-16(20-4)11-18(14)21/h5-12H,1-4H3,(H,19,20)/p+1. The van der Waals surface area contributed by atoms with E-state index in [0.29, 0.717) is 6.04 Å². The number of fused-ring (bicyclic) bond motifs is 2. The molecule has 0 saturated carbocycles. The van der Waals surface area contributed by atoms with Crippen LogP contribution in [0.5, 0.6) is 0 Å². The number of aromatic nitrogens is 1. The molecular formula is C18H22N3+. The first-order valence-electron chi connectivity index (χ1n) is 7.41. The summed E-state index contributed by atoms with van der Waals surface area (Å²) >= 11 is 0. The van der Waals surface area contributed by atoms with Crippen molar-refractivity contribution < 1.29 is 4.57 Å². The average molecular weight is 280 g/mol. The third-order valence-corrected chi connectivity index (χ3v) is 3.98. The Morgan fingerprint density at radius 2 is 1.24 bits per heavy atom. The lowest BCUT2D eigenvalue weighted by Crippen LogP contribution is -2.38. The lowest BCUT2D eigenvalue weighted by atomic mass is 10.1. The molecule has 3 heteroatoms. The van der Waals surface area contributed by atoms with Crippen LogP contribution in [0.15, 0.2) is 42.5 Å². The van der Waals surface area contributed by atoms with E-state index in [1.807, 2.05) is 14.1 Å². The highest BCUT2D eigenvalue weighted by atomic mass is 15.0. The molecule has 0 atom stereocenters. The van der Waals surface area contributed by atoms with E-state index in [1.165, 1.54) is 21.8 Å². The summed E-state index contributed by atoms with van der Waals surface area (Å²) in [6, 6.07) is 15.7. The monoisotopic (exact) mass is 280 g/mol. The topological polar surface area (TPSA) is 27.9 Å². The molecule has 0 bridgehead atoms. The fourth-order valence-electron chi connectivity index (χ4n) is 2.91. The van der Waals surface area contributed by atoms with Gasteiger partial charge in [0.15, 0.2) is 6.04 Å². The zero-order valence-electron chi connectivity index (χ0n) is 13.1. The van der Waals surface area contributed by atoms with E-state index >= 15 is 0 Å². The fourth-order valence-corrected chi connectivity index (χ4v) is 2.91.